The molecule has 2 nitrogen and oxygen atoms in total. The molecule has 19 heavy (non-hydrogen) atoms. The summed E-state index contributed by atoms with van der Waals surface area (Å²) in [5.41, 5.74) is 7.68. The molecule has 0 radical (unpaired) electrons. The molecule has 0 aromatic heterocycles. The summed E-state index contributed by atoms with van der Waals surface area (Å²) in [7, 11) is 2.17. The lowest BCUT2D eigenvalue weighted by molar-refractivity contribution is 0.137. The Morgan fingerprint density at radius 2 is 1.74 bits per heavy atom. The van der Waals surface area contributed by atoms with Crippen LogP contribution in [0.4, 0.5) is 0 Å². The number of hydrogen-bond donors (Lipinski definition) is 1. The Morgan fingerprint density at radius 3 is 2.21 bits per heavy atom. The van der Waals surface area contributed by atoms with Gasteiger partial charge in [0.15, 0.2) is 0 Å². The molecule has 0 heterocycles. The molecule has 3 heteroatoms. The highest BCUT2D eigenvalue weighted by atomic mass is 35.5. The minimum atomic E-state index is 0.0758. The van der Waals surface area contributed by atoms with Crippen molar-refractivity contribution < 1.29 is 0 Å². The summed E-state index contributed by atoms with van der Waals surface area (Å²) in [5.74, 6) is 0. The van der Waals surface area contributed by atoms with E-state index in [9.17, 15) is 0 Å². The number of nitrogens with two attached hydrogens (primary N) is 1. The molecule has 0 aliphatic carbocycles. The third kappa shape index (κ3) is 5.13. The van der Waals surface area contributed by atoms with Crippen molar-refractivity contribution in [2.24, 2.45) is 11.1 Å². The molecule has 108 valence electrons. The Bertz CT molecular complexity index is 381. The normalized spacial score (nSPS) is 15.6. The molecule has 0 aliphatic heterocycles. The van der Waals surface area contributed by atoms with E-state index < -0.39 is 0 Å². The van der Waals surface area contributed by atoms with Gasteiger partial charge in [-0.1, -0.05) is 44.5 Å². The van der Waals surface area contributed by atoms with Crippen LogP contribution < -0.4 is 5.73 Å². The third-order valence-corrected chi connectivity index (χ3v) is 4.26. The minimum absolute atomic E-state index is 0.0758. The van der Waals surface area contributed by atoms with E-state index >= 15 is 0 Å². The summed E-state index contributed by atoms with van der Waals surface area (Å²) in [6, 6.07) is 8.44. The average Bonchev–Trinajstić information content (AvgIpc) is 2.34. The summed E-state index contributed by atoms with van der Waals surface area (Å²) in [5, 5.41) is 0.759. The van der Waals surface area contributed by atoms with Crippen LogP contribution >= 0.6 is 11.6 Å². The first-order valence-corrected chi connectivity index (χ1v) is 7.31. The van der Waals surface area contributed by atoms with Crippen molar-refractivity contribution in [1.29, 1.82) is 0 Å². The van der Waals surface area contributed by atoms with Gasteiger partial charge in [0.25, 0.3) is 0 Å². The van der Waals surface area contributed by atoms with Crippen LogP contribution in [0.3, 0.4) is 0 Å². The van der Waals surface area contributed by atoms with E-state index in [1.165, 1.54) is 0 Å². The third-order valence-electron chi connectivity index (χ3n) is 4.01. The molecular formula is C16H27ClN2. The maximum absolute atomic E-state index is 6.23. The number of benzene rings is 1. The van der Waals surface area contributed by atoms with Crippen molar-refractivity contribution >= 4 is 11.6 Å². The lowest BCUT2D eigenvalue weighted by Gasteiger charge is -2.35. The van der Waals surface area contributed by atoms with E-state index in [4.69, 9.17) is 17.3 Å². The van der Waals surface area contributed by atoms with Gasteiger partial charge in [-0.2, -0.15) is 0 Å². The van der Waals surface area contributed by atoms with Crippen LogP contribution in [0, 0.1) is 5.41 Å². The van der Waals surface area contributed by atoms with Crippen molar-refractivity contribution in [1.82, 2.24) is 4.90 Å². The Balaban J connectivity index is 2.50. The van der Waals surface area contributed by atoms with Gasteiger partial charge in [0, 0.05) is 17.1 Å². The van der Waals surface area contributed by atoms with Gasteiger partial charge in [-0.05, 0) is 50.0 Å². The van der Waals surface area contributed by atoms with Gasteiger partial charge in [0.2, 0.25) is 0 Å². The molecule has 1 rings (SSSR count). The molecule has 0 fully saturated rings. The van der Waals surface area contributed by atoms with Crippen LogP contribution in [0.25, 0.3) is 0 Å². The fourth-order valence-electron chi connectivity index (χ4n) is 2.07. The van der Waals surface area contributed by atoms with Crippen molar-refractivity contribution in [3.63, 3.8) is 0 Å². The van der Waals surface area contributed by atoms with E-state index in [1.54, 1.807) is 0 Å². The van der Waals surface area contributed by atoms with Crippen molar-refractivity contribution in [3.8, 4) is 0 Å². The number of nitrogens with zero attached hydrogens (tertiary/aromatic N) is 1. The lowest BCUT2D eigenvalue weighted by Crippen LogP contribution is -2.40. The van der Waals surface area contributed by atoms with Gasteiger partial charge >= 0.3 is 0 Å². The quantitative estimate of drug-likeness (QED) is 0.881. The Morgan fingerprint density at radius 1 is 1.21 bits per heavy atom. The topological polar surface area (TPSA) is 29.3 Å². The highest BCUT2D eigenvalue weighted by Gasteiger charge is 2.23. The highest BCUT2D eigenvalue weighted by molar-refractivity contribution is 6.30. The zero-order valence-corrected chi connectivity index (χ0v) is 13.5. The molecule has 0 aliphatic rings. The van der Waals surface area contributed by atoms with E-state index in [2.05, 4.69) is 39.6 Å². The van der Waals surface area contributed by atoms with Gasteiger partial charge < -0.3 is 10.6 Å². The molecule has 1 aromatic rings. The first kappa shape index (κ1) is 16.5. The second-order valence-electron chi connectivity index (χ2n) is 6.47. The number of halogens is 1. The lowest BCUT2D eigenvalue weighted by atomic mass is 9.87. The Hall–Kier alpha value is -0.570. The largest absolute Gasteiger partial charge is 0.324 e. The molecule has 0 bridgehead atoms. The van der Waals surface area contributed by atoms with Gasteiger partial charge in [-0.3, -0.25) is 0 Å². The van der Waals surface area contributed by atoms with Crippen molar-refractivity contribution in [2.75, 3.05) is 13.6 Å². The summed E-state index contributed by atoms with van der Waals surface area (Å²) in [6.45, 7) is 10.1. The summed E-state index contributed by atoms with van der Waals surface area (Å²) >= 11 is 5.89. The van der Waals surface area contributed by atoms with E-state index in [-0.39, 0.29) is 6.04 Å². The van der Waals surface area contributed by atoms with Crippen LogP contribution in [0.1, 0.15) is 45.7 Å². The van der Waals surface area contributed by atoms with Crippen LogP contribution in [0.5, 0.6) is 0 Å². The number of rotatable bonds is 5. The monoisotopic (exact) mass is 282 g/mol. The Kier molecular flexibility index (Phi) is 5.84. The Labute approximate surface area is 122 Å². The molecule has 0 saturated carbocycles. The second-order valence-corrected chi connectivity index (χ2v) is 6.91. The van der Waals surface area contributed by atoms with Crippen LogP contribution in [0.2, 0.25) is 5.02 Å². The molecular weight excluding hydrogens is 256 g/mol. The zero-order chi connectivity index (χ0) is 14.6. The van der Waals surface area contributed by atoms with E-state index in [0.717, 1.165) is 23.6 Å². The van der Waals surface area contributed by atoms with Gasteiger partial charge in [0.05, 0.1) is 0 Å². The average molecular weight is 283 g/mol. The van der Waals surface area contributed by atoms with Gasteiger partial charge in [0.1, 0.15) is 0 Å². The smallest absolute Gasteiger partial charge is 0.0406 e. The molecule has 0 amide bonds. The molecule has 2 unspecified atom stereocenters. The molecule has 2 N–H and O–H groups in total. The fourth-order valence-corrected chi connectivity index (χ4v) is 2.20. The van der Waals surface area contributed by atoms with Crippen LogP contribution in [0.15, 0.2) is 24.3 Å². The summed E-state index contributed by atoms with van der Waals surface area (Å²) < 4.78 is 0. The molecule has 0 spiro atoms. The maximum atomic E-state index is 6.23. The highest BCUT2D eigenvalue weighted by Crippen LogP contribution is 2.24. The predicted molar refractivity (Wildman–Crippen MR) is 84.5 cm³/mol. The zero-order valence-electron chi connectivity index (χ0n) is 12.8. The van der Waals surface area contributed by atoms with Crippen LogP contribution in [-0.2, 0) is 0 Å². The predicted octanol–water partition coefficient (Wildman–Crippen LogP) is 4.10. The van der Waals surface area contributed by atoms with E-state index in [1.807, 2.05) is 24.3 Å². The second kappa shape index (κ2) is 6.74. The standard InChI is InChI=1S/C16H27ClN2/c1-12(16(2,3)4)19(5)11-10-15(18)13-6-8-14(17)9-7-13/h6-9,12,15H,10-11,18H2,1-5H3. The van der Waals surface area contributed by atoms with E-state index in [0.29, 0.717) is 11.5 Å². The maximum Gasteiger partial charge on any atom is 0.0406 e. The van der Waals surface area contributed by atoms with Crippen LogP contribution in [-0.4, -0.2) is 24.5 Å². The van der Waals surface area contributed by atoms with Gasteiger partial charge in [-0.25, -0.2) is 0 Å². The molecule has 1 aromatic carbocycles. The van der Waals surface area contributed by atoms with Crippen molar-refractivity contribution in [3.05, 3.63) is 34.9 Å². The number of hydrogen-bond acceptors (Lipinski definition) is 2. The minimum Gasteiger partial charge on any atom is -0.324 e. The first-order valence-electron chi connectivity index (χ1n) is 6.93. The van der Waals surface area contributed by atoms with Gasteiger partial charge in [-0.15, -0.1) is 0 Å². The SMILES string of the molecule is CC(N(C)CCC(N)c1ccc(Cl)cc1)C(C)(C)C. The first-order chi connectivity index (χ1) is 8.71. The molecule has 2 atom stereocenters. The summed E-state index contributed by atoms with van der Waals surface area (Å²) in [6.07, 6.45) is 0.957. The summed E-state index contributed by atoms with van der Waals surface area (Å²) in [4.78, 5) is 2.38. The molecule has 0 saturated heterocycles. The van der Waals surface area contributed by atoms with Crippen molar-refractivity contribution in [2.45, 2.75) is 46.2 Å². The fraction of sp³-hybridized carbons (Fsp3) is 0.625.